The maximum absolute atomic E-state index is 11.9. The van der Waals surface area contributed by atoms with Gasteiger partial charge < -0.3 is 10.6 Å². The van der Waals surface area contributed by atoms with Crippen molar-refractivity contribution in [3.8, 4) is 6.07 Å². The topological polar surface area (TPSA) is 87.4 Å². The van der Waals surface area contributed by atoms with Gasteiger partial charge in [0.25, 0.3) is 5.56 Å². The van der Waals surface area contributed by atoms with Crippen LogP contribution in [0.15, 0.2) is 46.3 Å². The van der Waals surface area contributed by atoms with Gasteiger partial charge in [-0.2, -0.15) is 15.0 Å². The largest absolute Gasteiger partial charge is 0.384 e. The summed E-state index contributed by atoms with van der Waals surface area (Å²) in [7, 11) is 1.94. The van der Waals surface area contributed by atoms with Crippen molar-refractivity contribution in [1.82, 2.24) is 4.68 Å². The molecule has 2 N–H and O–H groups in total. The minimum Gasteiger partial charge on any atom is -0.384 e. The molecular formula is C17H19N5O. The van der Waals surface area contributed by atoms with Crippen molar-refractivity contribution in [3.63, 3.8) is 0 Å². The highest BCUT2D eigenvalue weighted by molar-refractivity contribution is 5.80. The third-order valence-corrected chi connectivity index (χ3v) is 3.40. The van der Waals surface area contributed by atoms with Crippen molar-refractivity contribution in [1.29, 1.82) is 5.26 Å². The second kappa shape index (κ2) is 7.27. The van der Waals surface area contributed by atoms with E-state index in [9.17, 15) is 4.79 Å². The van der Waals surface area contributed by atoms with Crippen molar-refractivity contribution in [2.75, 3.05) is 24.2 Å². The van der Waals surface area contributed by atoms with Crippen LogP contribution < -0.4 is 16.2 Å². The number of anilines is 2. The molecule has 2 aromatic rings. The van der Waals surface area contributed by atoms with Crippen LogP contribution in [-0.4, -0.2) is 24.5 Å². The first-order valence-electron chi connectivity index (χ1n) is 7.23. The summed E-state index contributed by atoms with van der Waals surface area (Å²) in [5.41, 5.74) is 8.24. The van der Waals surface area contributed by atoms with E-state index in [1.807, 2.05) is 43.1 Å². The zero-order chi connectivity index (χ0) is 16.8. The first kappa shape index (κ1) is 16.3. The van der Waals surface area contributed by atoms with Gasteiger partial charge in [-0.1, -0.05) is 12.1 Å². The molecule has 0 aliphatic carbocycles. The fourth-order valence-electron chi connectivity index (χ4n) is 2.13. The van der Waals surface area contributed by atoms with Gasteiger partial charge in [0.1, 0.15) is 5.82 Å². The number of hydrogen-bond acceptors (Lipinski definition) is 5. The molecule has 0 aliphatic rings. The van der Waals surface area contributed by atoms with Crippen LogP contribution in [0.3, 0.4) is 0 Å². The van der Waals surface area contributed by atoms with E-state index in [-0.39, 0.29) is 5.56 Å². The molecule has 0 bridgehead atoms. The molecule has 6 heteroatoms. The second-order valence-electron chi connectivity index (χ2n) is 5.27. The third-order valence-electron chi connectivity index (χ3n) is 3.40. The highest BCUT2D eigenvalue weighted by atomic mass is 16.1. The molecule has 0 saturated carbocycles. The number of nitrogens with two attached hydrogens (primary N) is 1. The lowest BCUT2D eigenvalue weighted by atomic mass is 10.2. The lowest BCUT2D eigenvalue weighted by Gasteiger charge is -2.17. The predicted molar refractivity (Wildman–Crippen MR) is 92.8 cm³/mol. The summed E-state index contributed by atoms with van der Waals surface area (Å²) in [5.74, 6) is 0.305. The minimum atomic E-state index is -0.258. The van der Waals surface area contributed by atoms with Gasteiger partial charge in [0.2, 0.25) is 0 Å². The fourth-order valence-corrected chi connectivity index (χ4v) is 2.13. The Labute approximate surface area is 135 Å². The van der Waals surface area contributed by atoms with Gasteiger partial charge >= 0.3 is 0 Å². The first-order chi connectivity index (χ1) is 11.0. The first-order valence-corrected chi connectivity index (χ1v) is 7.23. The highest BCUT2D eigenvalue weighted by Gasteiger charge is 2.01. The average Bonchev–Trinajstić information content (AvgIpc) is 2.52. The summed E-state index contributed by atoms with van der Waals surface area (Å²) in [6, 6.07) is 13.0. The molecule has 0 aliphatic heterocycles. The SMILES string of the molecule is Cc1cc(N)n(/N=C\c2ccc(N(C)CCC#N)cc2)c(=O)c1. The summed E-state index contributed by atoms with van der Waals surface area (Å²) in [5, 5.41) is 12.8. The summed E-state index contributed by atoms with van der Waals surface area (Å²) in [4.78, 5) is 13.9. The Bertz CT molecular complexity index is 799. The second-order valence-corrected chi connectivity index (χ2v) is 5.27. The normalized spacial score (nSPS) is 10.7. The lowest BCUT2D eigenvalue weighted by molar-refractivity contribution is 0.843. The molecule has 0 radical (unpaired) electrons. The number of hydrogen-bond donors (Lipinski definition) is 1. The Morgan fingerprint density at radius 3 is 2.65 bits per heavy atom. The number of aromatic nitrogens is 1. The Morgan fingerprint density at radius 2 is 2.04 bits per heavy atom. The van der Waals surface area contributed by atoms with Gasteiger partial charge in [-0.05, 0) is 36.2 Å². The highest BCUT2D eigenvalue weighted by Crippen LogP contribution is 2.13. The minimum absolute atomic E-state index is 0.258. The van der Waals surface area contributed by atoms with Crippen LogP contribution in [0.1, 0.15) is 17.5 Å². The Balaban J connectivity index is 2.15. The van der Waals surface area contributed by atoms with Crippen LogP contribution in [0.4, 0.5) is 11.5 Å². The van der Waals surface area contributed by atoms with Gasteiger partial charge in [-0.25, -0.2) is 0 Å². The van der Waals surface area contributed by atoms with Crippen molar-refractivity contribution < 1.29 is 0 Å². The molecule has 0 unspecified atom stereocenters. The molecule has 0 fully saturated rings. The van der Waals surface area contributed by atoms with E-state index < -0.39 is 0 Å². The Hall–Kier alpha value is -3.07. The molecule has 118 valence electrons. The van der Waals surface area contributed by atoms with Gasteiger partial charge in [0, 0.05) is 25.3 Å². The van der Waals surface area contributed by atoms with Gasteiger partial charge in [-0.3, -0.25) is 4.79 Å². The van der Waals surface area contributed by atoms with Crippen LogP contribution in [0.2, 0.25) is 0 Å². The lowest BCUT2D eigenvalue weighted by Crippen LogP contribution is -2.19. The Morgan fingerprint density at radius 1 is 1.35 bits per heavy atom. The van der Waals surface area contributed by atoms with Crippen LogP contribution in [0, 0.1) is 18.3 Å². The van der Waals surface area contributed by atoms with Crippen molar-refractivity contribution >= 4 is 17.7 Å². The van der Waals surface area contributed by atoms with E-state index >= 15 is 0 Å². The van der Waals surface area contributed by atoms with Crippen LogP contribution in [0.25, 0.3) is 0 Å². The summed E-state index contributed by atoms with van der Waals surface area (Å²) in [6.07, 6.45) is 2.07. The number of nitrogens with zero attached hydrogens (tertiary/aromatic N) is 4. The van der Waals surface area contributed by atoms with E-state index in [4.69, 9.17) is 11.0 Å². The molecule has 0 saturated heterocycles. The number of rotatable bonds is 5. The van der Waals surface area contributed by atoms with E-state index in [2.05, 4.69) is 11.2 Å². The fraction of sp³-hybridized carbons (Fsp3) is 0.235. The zero-order valence-corrected chi connectivity index (χ0v) is 13.2. The van der Waals surface area contributed by atoms with Crippen LogP contribution in [-0.2, 0) is 0 Å². The smallest absolute Gasteiger partial charge is 0.273 e. The van der Waals surface area contributed by atoms with Gasteiger partial charge in [0.15, 0.2) is 0 Å². The van der Waals surface area contributed by atoms with Crippen LogP contribution >= 0.6 is 0 Å². The quantitative estimate of drug-likeness (QED) is 0.855. The number of aryl methyl sites for hydroxylation is 1. The molecule has 2 rings (SSSR count). The average molecular weight is 309 g/mol. The molecule has 0 amide bonds. The maximum Gasteiger partial charge on any atom is 0.273 e. The Kier molecular flexibility index (Phi) is 5.15. The summed E-state index contributed by atoms with van der Waals surface area (Å²) in [6.45, 7) is 2.49. The zero-order valence-electron chi connectivity index (χ0n) is 13.2. The molecule has 1 aromatic carbocycles. The van der Waals surface area contributed by atoms with E-state index in [0.717, 1.165) is 16.8 Å². The molecule has 0 atom stereocenters. The molecule has 23 heavy (non-hydrogen) atoms. The monoisotopic (exact) mass is 309 g/mol. The standard InChI is InChI=1S/C17H19N5O/c1-13-10-16(19)22(17(23)11-13)20-12-14-4-6-15(7-5-14)21(2)9-3-8-18/h4-7,10-12H,3,9,19H2,1-2H3/b20-12-. The van der Waals surface area contributed by atoms with Crippen LogP contribution in [0.5, 0.6) is 0 Å². The maximum atomic E-state index is 11.9. The number of benzene rings is 1. The van der Waals surface area contributed by atoms with Crippen molar-refractivity contribution in [2.24, 2.45) is 5.10 Å². The number of pyridine rings is 1. The molecule has 6 nitrogen and oxygen atoms in total. The molecule has 0 spiro atoms. The molecular weight excluding hydrogens is 290 g/mol. The number of nitrogen functional groups attached to an aromatic ring is 1. The van der Waals surface area contributed by atoms with Crippen molar-refractivity contribution in [2.45, 2.75) is 13.3 Å². The summed E-state index contributed by atoms with van der Waals surface area (Å²) < 4.78 is 1.17. The number of nitriles is 1. The van der Waals surface area contributed by atoms with Gasteiger partial charge in [0.05, 0.1) is 18.7 Å². The summed E-state index contributed by atoms with van der Waals surface area (Å²) >= 11 is 0. The molecule has 1 heterocycles. The van der Waals surface area contributed by atoms with Gasteiger partial charge in [-0.15, -0.1) is 0 Å². The predicted octanol–water partition coefficient (Wildman–Crippen LogP) is 1.97. The van der Waals surface area contributed by atoms with E-state index in [0.29, 0.717) is 18.8 Å². The van der Waals surface area contributed by atoms with E-state index in [1.54, 1.807) is 12.3 Å². The van der Waals surface area contributed by atoms with E-state index in [1.165, 1.54) is 10.7 Å². The van der Waals surface area contributed by atoms with Crippen molar-refractivity contribution in [3.05, 3.63) is 57.9 Å². The molecule has 1 aromatic heterocycles. The third kappa shape index (κ3) is 4.20.